The number of carbonyl (C=O) groups excluding carboxylic acids is 1. The summed E-state index contributed by atoms with van der Waals surface area (Å²) in [5.41, 5.74) is 2.77. The summed E-state index contributed by atoms with van der Waals surface area (Å²) >= 11 is 6.19. The van der Waals surface area contributed by atoms with Gasteiger partial charge in [0, 0.05) is 18.8 Å². The maximum absolute atomic E-state index is 12.9. The van der Waals surface area contributed by atoms with Crippen LogP contribution in [0.15, 0.2) is 41.3 Å². The van der Waals surface area contributed by atoms with Crippen LogP contribution in [0.3, 0.4) is 0 Å². The van der Waals surface area contributed by atoms with Crippen molar-refractivity contribution in [3.05, 3.63) is 58.1 Å². The maximum Gasteiger partial charge on any atom is 0.257 e. The van der Waals surface area contributed by atoms with Crippen LogP contribution in [-0.2, 0) is 10.0 Å². The average molecular weight is 407 g/mol. The van der Waals surface area contributed by atoms with Gasteiger partial charge < -0.3 is 5.32 Å². The summed E-state index contributed by atoms with van der Waals surface area (Å²) in [5.74, 6) is -0.426. The Morgan fingerprint density at radius 2 is 1.74 bits per heavy atom. The Balaban J connectivity index is 1.91. The highest BCUT2D eigenvalue weighted by atomic mass is 35.5. The predicted molar refractivity (Wildman–Crippen MR) is 108 cm³/mol. The van der Waals surface area contributed by atoms with Crippen LogP contribution in [0.2, 0.25) is 5.02 Å². The third-order valence-corrected chi connectivity index (χ3v) is 7.00. The van der Waals surface area contributed by atoms with Gasteiger partial charge >= 0.3 is 0 Å². The first-order valence-electron chi connectivity index (χ1n) is 8.97. The van der Waals surface area contributed by atoms with Crippen molar-refractivity contribution in [2.75, 3.05) is 18.4 Å². The number of piperidine rings is 1. The lowest BCUT2D eigenvalue weighted by Crippen LogP contribution is -2.35. The highest BCUT2D eigenvalue weighted by molar-refractivity contribution is 7.89. The molecule has 0 aliphatic carbocycles. The number of amides is 1. The van der Waals surface area contributed by atoms with E-state index in [1.54, 1.807) is 0 Å². The second-order valence-corrected chi connectivity index (χ2v) is 9.22. The van der Waals surface area contributed by atoms with Crippen molar-refractivity contribution >= 4 is 33.2 Å². The van der Waals surface area contributed by atoms with Crippen molar-refractivity contribution in [2.24, 2.45) is 0 Å². The topological polar surface area (TPSA) is 66.5 Å². The molecule has 1 saturated heterocycles. The molecule has 0 bridgehead atoms. The van der Waals surface area contributed by atoms with Crippen molar-refractivity contribution in [3.63, 3.8) is 0 Å². The number of anilines is 1. The lowest BCUT2D eigenvalue weighted by Gasteiger charge is -2.26. The van der Waals surface area contributed by atoms with Crippen LogP contribution in [0.5, 0.6) is 0 Å². The van der Waals surface area contributed by atoms with Gasteiger partial charge in [-0.3, -0.25) is 4.79 Å². The molecule has 1 N–H and O–H groups in total. The summed E-state index contributed by atoms with van der Waals surface area (Å²) in [6, 6.07) is 10.0. The van der Waals surface area contributed by atoms with E-state index in [0.717, 1.165) is 30.4 Å². The highest BCUT2D eigenvalue weighted by Crippen LogP contribution is 2.26. The van der Waals surface area contributed by atoms with E-state index in [9.17, 15) is 13.2 Å². The fraction of sp³-hybridized carbons (Fsp3) is 0.350. The van der Waals surface area contributed by atoms with E-state index in [2.05, 4.69) is 5.32 Å². The van der Waals surface area contributed by atoms with Gasteiger partial charge in [0.2, 0.25) is 10.0 Å². The van der Waals surface area contributed by atoms with Gasteiger partial charge in [0.25, 0.3) is 5.91 Å². The molecular formula is C20H23ClN2O3S. The molecule has 0 atom stereocenters. The SMILES string of the molecule is Cc1ccc(C)c(NC(=O)c2cc(S(=O)(=O)N3CCCCC3)ccc2Cl)c1. The smallest absolute Gasteiger partial charge is 0.257 e. The molecule has 0 aromatic heterocycles. The maximum atomic E-state index is 12.9. The number of benzene rings is 2. The molecule has 0 saturated carbocycles. The van der Waals surface area contributed by atoms with Crippen LogP contribution >= 0.6 is 11.6 Å². The fourth-order valence-corrected chi connectivity index (χ4v) is 4.90. The molecule has 1 heterocycles. The second kappa shape index (κ2) is 8.00. The van der Waals surface area contributed by atoms with E-state index < -0.39 is 15.9 Å². The summed E-state index contributed by atoms with van der Waals surface area (Å²) in [6.45, 7) is 4.85. The number of halogens is 1. The average Bonchev–Trinajstić information content (AvgIpc) is 2.65. The van der Waals surface area contributed by atoms with Gasteiger partial charge in [-0.2, -0.15) is 4.31 Å². The molecule has 0 spiro atoms. The summed E-state index contributed by atoms with van der Waals surface area (Å²) in [4.78, 5) is 12.8. The van der Waals surface area contributed by atoms with Gasteiger partial charge in [-0.05, 0) is 62.1 Å². The first-order valence-corrected chi connectivity index (χ1v) is 10.8. The summed E-state index contributed by atoms with van der Waals surface area (Å²) in [5, 5.41) is 3.05. The summed E-state index contributed by atoms with van der Waals surface area (Å²) in [7, 11) is -3.63. The first-order chi connectivity index (χ1) is 12.8. The zero-order valence-corrected chi connectivity index (χ0v) is 17.0. The Morgan fingerprint density at radius 1 is 1.04 bits per heavy atom. The van der Waals surface area contributed by atoms with Crippen LogP contribution in [-0.4, -0.2) is 31.7 Å². The molecule has 1 fully saturated rings. The van der Waals surface area contributed by atoms with Gasteiger partial charge in [-0.25, -0.2) is 8.42 Å². The number of aryl methyl sites for hydroxylation is 2. The van der Waals surface area contributed by atoms with Crippen molar-refractivity contribution in [1.82, 2.24) is 4.31 Å². The van der Waals surface area contributed by atoms with Gasteiger partial charge in [0.15, 0.2) is 0 Å². The van der Waals surface area contributed by atoms with Crippen LogP contribution in [0.25, 0.3) is 0 Å². The zero-order valence-electron chi connectivity index (χ0n) is 15.5. The van der Waals surface area contributed by atoms with Gasteiger partial charge in [-0.1, -0.05) is 30.2 Å². The normalized spacial score (nSPS) is 15.5. The van der Waals surface area contributed by atoms with Crippen LogP contribution in [0.1, 0.15) is 40.7 Å². The minimum atomic E-state index is -3.63. The van der Waals surface area contributed by atoms with Gasteiger partial charge in [0.1, 0.15) is 0 Å². The number of nitrogens with zero attached hydrogens (tertiary/aromatic N) is 1. The van der Waals surface area contributed by atoms with E-state index in [4.69, 9.17) is 11.6 Å². The Morgan fingerprint density at radius 3 is 2.44 bits per heavy atom. The van der Waals surface area contributed by atoms with Gasteiger partial charge in [0.05, 0.1) is 15.5 Å². The number of hydrogen-bond donors (Lipinski definition) is 1. The quantitative estimate of drug-likeness (QED) is 0.819. The molecule has 3 rings (SSSR count). The number of sulfonamides is 1. The van der Waals surface area contributed by atoms with E-state index in [0.29, 0.717) is 18.8 Å². The van der Waals surface area contributed by atoms with Crippen LogP contribution < -0.4 is 5.32 Å². The number of rotatable bonds is 4. The Kier molecular flexibility index (Phi) is 5.89. The van der Waals surface area contributed by atoms with Crippen molar-refractivity contribution < 1.29 is 13.2 Å². The molecule has 0 radical (unpaired) electrons. The number of carbonyl (C=O) groups is 1. The minimum Gasteiger partial charge on any atom is -0.322 e. The Hall–Kier alpha value is -1.89. The molecule has 7 heteroatoms. The molecular weight excluding hydrogens is 384 g/mol. The summed E-state index contributed by atoms with van der Waals surface area (Å²) < 4.78 is 27.2. The van der Waals surface area contributed by atoms with Gasteiger partial charge in [-0.15, -0.1) is 0 Å². The van der Waals surface area contributed by atoms with E-state index in [-0.39, 0.29) is 15.5 Å². The second-order valence-electron chi connectivity index (χ2n) is 6.88. The molecule has 1 aliphatic rings. The molecule has 144 valence electrons. The Bertz CT molecular complexity index is 967. The fourth-order valence-electron chi connectivity index (χ4n) is 3.15. The van der Waals surface area contributed by atoms with E-state index in [1.807, 2.05) is 32.0 Å². The van der Waals surface area contributed by atoms with E-state index >= 15 is 0 Å². The third kappa shape index (κ3) is 4.34. The number of hydrogen-bond acceptors (Lipinski definition) is 3. The summed E-state index contributed by atoms with van der Waals surface area (Å²) in [6.07, 6.45) is 2.75. The zero-order chi connectivity index (χ0) is 19.6. The molecule has 1 aliphatic heterocycles. The lowest BCUT2D eigenvalue weighted by molar-refractivity contribution is 0.102. The highest BCUT2D eigenvalue weighted by Gasteiger charge is 2.27. The Labute approximate surface area is 165 Å². The first kappa shape index (κ1) is 19.9. The lowest BCUT2D eigenvalue weighted by atomic mass is 10.1. The molecule has 1 amide bonds. The standard InChI is InChI=1S/C20H23ClN2O3S/c1-14-6-7-15(2)19(12-14)22-20(24)17-13-16(8-9-18(17)21)27(25,26)23-10-4-3-5-11-23/h6-9,12-13H,3-5,10-11H2,1-2H3,(H,22,24). The monoisotopic (exact) mass is 406 g/mol. The van der Waals surface area contributed by atoms with Crippen molar-refractivity contribution in [1.29, 1.82) is 0 Å². The molecule has 2 aromatic rings. The van der Waals surface area contributed by atoms with Crippen molar-refractivity contribution in [3.8, 4) is 0 Å². The molecule has 27 heavy (non-hydrogen) atoms. The number of nitrogens with one attached hydrogen (secondary N) is 1. The van der Waals surface area contributed by atoms with Crippen LogP contribution in [0.4, 0.5) is 5.69 Å². The third-order valence-electron chi connectivity index (χ3n) is 4.78. The molecule has 2 aromatic carbocycles. The van der Waals surface area contributed by atoms with Crippen LogP contribution in [0, 0.1) is 13.8 Å². The van der Waals surface area contributed by atoms with E-state index in [1.165, 1.54) is 22.5 Å². The predicted octanol–water partition coefficient (Wildman–Crippen LogP) is 4.38. The molecule has 5 nitrogen and oxygen atoms in total. The van der Waals surface area contributed by atoms with Crippen molar-refractivity contribution in [2.45, 2.75) is 38.0 Å². The largest absolute Gasteiger partial charge is 0.322 e. The molecule has 0 unspecified atom stereocenters. The minimum absolute atomic E-state index is 0.0971.